The molecule has 1 N–H and O–H groups in total. The summed E-state index contributed by atoms with van der Waals surface area (Å²) in [5.74, 6) is 1.46. The van der Waals surface area contributed by atoms with Crippen LogP contribution in [0.3, 0.4) is 0 Å². The zero-order chi connectivity index (χ0) is 9.84. The molecule has 0 radical (unpaired) electrons. The predicted octanol–water partition coefficient (Wildman–Crippen LogP) is 2.17. The van der Waals surface area contributed by atoms with Crippen LogP contribution < -0.4 is 5.32 Å². The summed E-state index contributed by atoms with van der Waals surface area (Å²) in [7, 11) is 0. The van der Waals surface area contributed by atoms with Crippen LogP contribution in [0.25, 0.3) is 0 Å². The van der Waals surface area contributed by atoms with Crippen molar-refractivity contribution in [2.24, 2.45) is 11.8 Å². The average molecular weight is 204 g/mol. The van der Waals surface area contributed by atoms with Crippen LogP contribution in [-0.2, 0) is 4.79 Å². The molecule has 1 saturated carbocycles. The molecule has 0 bridgehead atoms. The minimum absolute atomic E-state index is 0.200. The lowest BCUT2D eigenvalue weighted by Gasteiger charge is -2.27. The second kappa shape index (κ2) is 4.85. The molecule has 1 fully saturated rings. The van der Waals surface area contributed by atoms with Gasteiger partial charge < -0.3 is 5.32 Å². The highest BCUT2D eigenvalue weighted by molar-refractivity contribution is 6.18. The van der Waals surface area contributed by atoms with Crippen LogP contribution in [0.2, 0.25) is 0 Å². The van der Waals surface area contributed by atoms with E-state index in [1.165, 1.54) is 6.42 Å². The molecule has 2 atom stereocenters. The maximum Gasteiger partial charge on any atom is 0.223 e. The molecule has 2 nitrogen and oxygen atoms in total. The standard InChI is InChI=1S/C10H18ClNO/c1-7(6-11)8(2)12-10(13)9-4-3-5-9/h7-9H,3-6H2,1-2H3,(H,12,13). The Labute approximate surface area is 85.0 Å². The maximum atomic E-state index is 11.5. The molecule has 13 heavy (non-hydrogen) atoms. The molecule has 1 aliphatic carbocycles. The van der Waals surface area contributed by atoms with Gasteiger partial charge in [0.15, 0.2) is 0 Å². The second-order valence-corrected chi connectivity index (χ2v) is 4.37. The van der Waals surface area contributed by atoms with Gasteiger partial charge in [0.2, 0.25) is 5.91 Å². The molecular weight excluding hydrogens is 186 g/mol. The molecule has 0 saturated heterocycles. The molecule has 76 valence electrons. The number of hydrogen-bond donors (Lipinski definition) is 1. The molecule has 1 amide bonds. The summed E-state index contributed by atoms with van der Waals surface area (Å²) in [6.07, 6.45) is 3.33. The molecule has 1 aliphatic rings. The third-order valence-electron chi connectivity index (χ3n) is 2.94. The Bertz CT molecular complexity index is 180. The van der Waals surface area contributed by atoms with Gasteiger partial charge in [-0.3, -0.25) is 4.79 Å². The van der Waals surface area contributed by atoms with Gasteiger partial charge in [0.1, 0.15) is 0 Å². The largest absolute Gasteiger partial charge is 0.353 e. The van der Waals surface area contributed by atoms with Gasteiger partial charge in [-0.15, -0.1) is 11.6 Å². The van der Waals surface area contributed by atoms with E-state index >= 15 is 0 Å². The van der Waals surface area contributed by atoms with Gasteiger partial charge >= 0.3 is 0 Å². The minimum Gasteiger partial charge on any atom is -0.353 e. The highest BCUT2D eigenvalue weighted by Crippen LogP contribution is 2.26. The summed E-state index contributed by atoms with van der Waals surface area (Å²) in [5, 5.41) is 3.01. The van der Waals surface area contributed by atoms with E-state index in [9.17, 15) is 4.79 Å². The van der Waals surface area contributed by atoms with Crippen LogP contribution in [0.4, 0.5) is 0 Å². The number of nitrogens with one attached hydrogen (secondary N) is 1. The number of amides is 1. The average Bonchev–Trinajstić information content (AvgIpc) is 1.99. The van der Waals surface area contributed by atoms with E-state index in [1.54, 1.807) is 0 Å². The van der Waals surface area contributed by atoms with Crippen molar-refractivity contribution in [1.82, 2.24) is 5.32 Å². The number of carbonyl (C=O) groups is 1. The molecule has 0 heterocycles. The lowest BCUT2D eigenvalue weighted by molar-refractivity contribution is -0.128. The first-order valence-corrected chi connectivity index (χ1v) is 5.55. The topological polar surface area (TPSA) is 29.1 Å². The lowest BCUT2D eigenvalue weighted by atomic mass is 9.84. The smallest absolute Gasteiger partial charge is 0.223 e. The van der Waals surface area contributed by atoms with E-state index in [2.05, 4.69) is 12.2 Å². The van der Waals surface area contributed by atoms with E-state index in [4.69, 9.17) is 11.6 Å². The van der Waals surface area contributed by atoms with E-state index in [0.717, 1.165) is 12.8 Å². The third kappa shape index (κ3) is 2.87. The first kappa shape index (κ1) is 10.8. The molecule has 0 aromatic rings. The number of hydrogen-bond acceptors (Lipinski definition) is 1. The zero-order valence-electron chi connectivity index (χ0n) is 8.35. The molecule has 0 aromatic heterocycles. The Morgan fingerprint density at radius 3 is 2.54 bits per heavy atom. The summed E-state index contributed by atoms with van der Waals surface area (Å²) in [5.41, 5.74) is 0. The summed E-state index contributed by atoms with van der Waals surface area (Å²) in [4.78, 5) is 11.5. The van der Waals surface area contributed by atoms with Crippen LogP contribution >= 0.6 is 11.6 Å². The Hall–Kier alpha value is -0.240. The third-order valence-corrected chi connectivity index (χ3v) is 3.43. The molecule has 3 heteroatoms. The van der Waals surface area contributed by atoms with Crippen molar-refractivity contribution in [2.45, 2.75) is 39.2 Å². The Kier molecular flexibility index (Phi) is 4.04. The van der Waals surface area contributed by atoms with Gasteiger partial charge in [0.25, 0.3) is 0 Å². The first-order valence-electron chi connectivity index (χ1n) is 5.01. The van der Waals surface area contributed by atoms with E-state index in [-0.39, 0.29) is 17.9 Å². The highest BCUT2D eigenvalue weighted by atomic mass is 35.5. The van der Waals surface area contributed by atoms with Crippen molar-refractivity contribution in [3.05, 3.63) is 0 Å². The minimum atomic E-state index is 0.200. The SMILES string of the molecule is CC(CCl)C(C)NC(=O)C1CCC1. The van der Waals surface area contributed by atoms with Gasteiger partial charge in [0.05, 0.1) is 0 Å². The monoisotopic (exact) mass is 203 g/mol. The van der Waals surface area contributed by atoms with Crippen molar-refractivity contribution >= 4 is 17.5 Å². The Morgan fingerprint density at radius 1 is 1.54 bits per heavy atom. The zero-order valence-corrected chi connectivity index (χ0v) is 9.10. The van der Waals surface area contributed by atoms with Crippen molar-refractivity contribution < 1.29 is 4.79 Å². The summed E-state index contributed by atoms with van der Waals surface area (Å²) in [6.45, 7) is 4.07. The number of rotatable bonds is 4. The van der Waals surface area contributed by atoms with Crippen LogP contribution in [0.15, 0.2) is 0 Å². The molecule has 2 unspecified atom stereocenters. The van der Waals surface area contributed by atoms with Crippen LogP contribution in [-0.4, -0.2) is 17.8 Å². The molecule has 0 spiro atoms. The Balaban J connectivity index is 2.26. The van der Waals surface area contributed by atoms with Crippen LogP contribution in [0.1, 0.15) is 33.1 Å². The van der Waals surface area contributed by atoms with Gasteiger partial charge in [-0.1, -0.05) is 13.3 Å². The predicted molar refractivity (Wildman–Crippen MR) is 54.8 cm³/mol. The quantitative estimate of drug-likeness (QED) is 0.698. The van der Waals surface area contributed by atoms with Gasteiger partial charge in [-0.05, 0) is 25.7 Å². The van der Waals surface area contributed by atoms with Crippen LogP contribution in [0, 0.1) is 11.8 Å². The molecule has 0 aromatic carbocycles. The fourth-order valence-electron chi connectivity index (χ4n) is 1.29. The first-order chi connectivity index (χ1) is 6.15. The van der Waals surface area contributed by atoms with E-state index in [1.807, 2.05) is 6.92 Å². The summed E-state index contributed by atoms with van der Waals surface area (Å²) in [6, 6.07) is 0.200. The lowest BCUT2D eigenvalue weighted by Crippen LogP contribution is -2.42. The second-order valence-electron chi connectivity index (χ2n) is 4.06. The molecule has 1 rings (SSSR count). The normalized spacial score (nSPS) is 21.8. The fraction of sp³-hybridized carbons (Fsp3) is 0.900. The van der Waals surface area contributed by atoms with Crippen molar-refractivity contribution in [3.8, 4) is 0 Å². The maximum absolute atomic E-state index is 11.5. The summed E-state index contributed by atoms with van der Waals surface area (Å²) < 4.78 is 0. The van der Waals surface area contributed by atoms with Gasteiger partial charge in [-0.25, -0.2) is 0 Å². The number of alkyl halides is 1. The number of halogens is 1. The van der Waals surface area contributed by atoms with Crippen molar-refractivity contribution in [1.29, 1.82) is 0 Å². The van der Waals surface area contributed by atoms with Crippen molar-refractivity contribution in [3.63, 3.8) is 0 Å². The molecule has 0 aliphatic heterocycles. The van der Waals surface area contributed by atoms with Gasteiger partial charge in [-0.2, -0.15) is 0 Å². The van der Waals surface area contributed by atoms with E-state index in [0.29, 0.717) is 11.8 Å². The highest BCUT2D eigenvalue weighted by Gasteiger charge is 2.26. The Morgan fingerprint density at radius 2 is 2.15 bits per heavy atom. The van der Waals surface area contributed by atoms with E-state index < -0.39 is 0 Å². The van der Waals surface area contributed by atoms with Crippen LogP contribution in [0.5, 0.6) is 0 Å². The summed E-state index contributed by atoms with van der Waals surface area (Å²) >= 11 is 5.71. The number of carbonyl (C=O) groups excluding carboxylic acids is 1. The van der Waals surface area contributed by atoms with Gasteiger partial charge in [0, 0.05) is 17.8 Å². The molecular formula is C10H18ClNO. The van der Waals surface area contributed by atoms with Crippen molar-refractivity contribution in [2.75, 3.05) is 5.88 Å². The fourth-order valence-corrected chi connectivity index (χ4v) is 1.56.